The minimum Gasteiger partial charge on any atom is -0.505 e. The lowest BCUT2D eigenvalue weighted by molar-refractivity contribution is -0.114. The van der Waals surface area contributed by atoms with E-state index in [-0.39, 0.29) is 67.0 Å². The van der Waals surface area contributed by atoms with E-state index >= 15 is 0 Å². The number of hydrogen-bond acceptors (Lipinski definition) is 16. The zero-order valence-corrected chi connectivity index (χ0v) is 34.0. The van der Waals surface area contributed by atoms with Gasteiger partial charge in [-0.25, -0.2) is 0 Å². The average molecular weight is 889 g/mol. The van der Waals surface area contributed by atoms with Gasteiger partial charge in [0.05, 0.1) is 39.1 Å². The van der Waals surface area contributed by atoms with Gasteiger partial charge in [0, 0.05) is 29.8 Å². The molecule has 6 aromatic carbocycles. The van der Waals surface area contributed by atoms with Gasteiger partial charge in [-0.1, -0.05) is 18.2 Å². The van der Waals surface area contributed by atoms with E-state index in [0.717, 1.165) is 12.1 Å². The van der Waals surface area contributed by atoms with E-state index in [2.05, 4.69) is 41.3 Å². The highest BCUT2D eigenvalue weighted by molar-refractivity contribution is 7.86. The number of hydrogen-bond donors (Lipinski definition) is 6. The number of anilines is 3. The molecule has 0 heterocycles. The summed E-state index contributed by atoms with van der Waals surface area (Å²) in [6.45, 7) is 3.21. The first kappa shape index (κ1) is 43.6. The zero-order valence-electron chi connectivity index (χ0n) is 31.6. The van der Waals surface area contributed by atoms with Gasteiger partial charge in [-0.15, -0.1) is 15.3 Å². The average Bonchev–Trinajstić information content (AvgIpc) is 3.19. The number of ether oxygens (including phenoxy) is 1. The molecular weight excluding hydrogens is 857 g/mol. The van der Waals surface area contributed by atoms with Crippen molar-refractivity contribution < 1.29 is 53.5 Å². The van der Waals surface area contributed by atoms with E-state index in [0.29, 0.717) is 11.4 Å². The van der Waals surface area contributed by atoms with Gasteiger partial charge >= 0.3 is 0 Å². The quantitative estimate of drug-likeness (QED) is 0.0439. The lowest BCUT2D eigenvalue weighted by Gasteiger charge is -2.12. The third-order valence-electron chi connectivity index (χ3n) is 8.21. The second kappa shape index (κ2) is 17.7. The maximum absolute atomic E-state index is 12.5. The number of rotatable bonds is 14. The third-order valence-corrected chi connectivity index (χ3v) is 10.8. The lowest BCUT2D eigenvalue weighted by Crippen LogP contribution is -2.05. The number of nitrogens with zero attached hydrogens (tertiary/aromatic N) is 6. The molecule has 0 saturated heterocycles. The number of phenolic OH excluding ortho intramolecular Hbond substituents is 1. The van der Waals surface area contributed by atoms with Gasteiger partial charge in [-0.3, -0.25) is 18.5 Å². The molecule has 0 aliphatic rings. The minimum absolute atomic E-state index is 0.0458. The highest BCUT2D eigenvalue weighted by Gasteiger charge is 2.23. The van der Waals surface area contributed by atoms with E-state index in [9.17, 15) is 48.8 Å². The molecule has 0 aromatic heterocycles. The summed E-state index contributed by atoms with van der Waals surface area (Å²) in [4.78, 5) is 10.7. The summed E-state index contributed by atoms with van der Waals surface area (Å²) in [6, 6.07) is 24.7. The van der Waals surface area contributed by atoms with Gasteiger partial charge < -0.3 is 20.5 Å². The van der Waals surface area contributed by atoms with Crippen LogP contribution in [0.15, 0.2) is 155 Å². The van der Waals surface area contributed by atoms with Crippen LogP contribution in [0.2, 0.25) is 0 Å². The highest BCUT2D eigenvalue weighted by Crippen LogP contribution is 2.43. The van der Waals surface area contributed by atoms with Crippen LogP contribution in [0.1, 0.15) is 13.8 Å². The summed E-state index contributed by atoms with van der Waals surface area (Å²) < 4.78 is 106. The van der Waals surface area contributed by atoms with E-state index in [4.69, 9.17) is 4.74 Å². The first-order valence-electron chi connectivity index (χ1n) is 17.4. The number of fused-ring (bicyclic) bond motifs is 1. The molecule has 0 radical (unpaired) electrons. The van der Waals surface area contributed by atoms with E-state index in [1.807, 2.05) is 0 Å². The Kier molecular flexibility index (Phi) is 12.6. The standard InChI is InChI=1S/C38H32N8O12S3/c1-3-58-35-21-28(42-41-26-7-5-9-30(18-26)60(52,53)54)13-15-33(35)45-44-32-14-12-27(20-34(32)39-22(2)47)43-46-37-36(61(55,56)57)16-23-10-11-25(19-31(23)38(37)48)40-24-6-4-8-29(17-24)59(49,50)51/h4-21,40,48H,3H2,1-2H3,(H,39,47)(H,49,50,51)(H,52,53,54)(H,55,56,57). The Labute approximate surface area is 347 Å². The molecule has 23 heteroatoms. The molecule has 0 unspecified atom stereocenters. The van der Waals surface area contributed by atoms with Crippen LogP contribution in [0.5, 0.6) is 11.5 Å². The summed E-state index contributed by atoms with van der Waals surface area (Å²) in [5.74, 6) is -0.923. The van der Waals surface area contributed by atoms with Crippen molar-refractivity contribution in [2.24, 2.45) is 30.7 Å². The van der Waals surface area contributed by atoms with Gasteiger partial charge in [0.25, 0.3) is 30.4 Å². The van der Waals surface area contributed by atoms with Gasteiger partial charge in [-0.2, -0.15) is 40.6 Å². The largest absolute Gasteiger partial charge is 0.505 e. The van der Waals surface area contributed by atoms with Gasteiger partial charge in [0.15, 0.2) is 5.75 Å². The monoisotopic (exact) mass is 888 g/mol. The Bertz CT molecular complexity index is 3140. The van der Waals surface area contributed by atoms with Crippen molar-refractivity contribution in [2.45, 2.75) is 28.5 Å². The highest BCUT2D eigenvalue weighted by atomic mass is 32.2. The second-order valence-corrected chi connectivity index (χ2v) is 16.9. The van der Waals surface area contributed by atoms with Crippen LogP contribution in [0.4, 0.5) is 51.2 Å². The summed E-state index contributed by atoms with van der Waals surface area (Å²) >= 11 is 0. The third kappa shape index (κ3) is 11.0. The number of phenols is 1. The molecule has 6 aromatic rings. The van der Waals surface area contributed by atoms with Crippen LogP contribution in [-0.2, 0) is 35.1 Å². The fraction of sp³-hybridized carbons (Fsp3) is 0.0789. The molecule has 1 amide bonds. The SMILES string of the molecule is CCOc1cc(N=Nc2cccc(S(=O)(=O)O)c2)ccc1N=Nc1ccc(N=Nc2c(S(=O)(=O)O)cc3ccc(Nc4cccc(S(=O)(=O)O)c4)cc3c2O)cc1NC(C)=O. The predicted octanol–water partition coefficient (Wildman–Crippen LogP) is 9.63. The van der Waals surface area contributed by atoms with Crippen LogP contribution in [-0.4, -0.2) is 56.5 Å². The fourth-order valence-corrected chi connectivity index (χ4v) is 7.24. The first-order valence-corrected chi connectivity index (χ1v) is 21.7. The summed E-state index contributed by atoms with van der Waals surface area (Å²) in [5, 5.41) is 41.8. The molecule has 20 nitrogen and oxygen atoms in total. The van der Waals surface area contributed by atoms with E-state index < -0.39 is 52.6 Å². The van der Waals surface area contributed by atoms with E-state index in [1.165, 1.54) is 104 Å². The molecule has 0 aliphatic carbocycles. The van der Waals surface area contributed by atoms with Crippen LogP contribution in [0.3, 0.4) is 0 Å². The van der Waals surface area contributed by atoms with Crippen molar-refractivity contribution in [3.63, 3.8) is 0 Å². The molecule has 0 atom stereocenters. The number of benzene rings is 6. The molecule has 6 rings (SSSR count). The topological polar surface area (TPSA) is 308 Å². The van der Waals surface area contributed by atoms with Crippen molar-refractivity contribution in [1.82, 2.24) is 0 Å². The van der Waals surface area contributed by atoms with Gasteiger partial charge in [0.2, 0.25) is 5.91 Å². The van der Waals surface area contributed by atoms with Crippen LogP contribution in [0, 0.1) is 0 Å². The molecular formula is C38H32N8O12S3. The van der Waals surface area contributed by atoms with Crippen molar-refractivity contribution >= 4 is 98.2 Å². The van der Waals surface area contributed by atoms with Crippen molar-refractivity contribution in [1.29, 1.82) is 0 Å². The molecule has 314 valence electrons. The van der Waals surface area contributed by atoms with Crippen molar-refractivity contribution in [2.75, 3.05) is 17.2 Å². The maximum atomic E-state index is 12.5. The number of carbonyl (C=O) groups excluding carboxylic acids is 1. The second-order valence-electron chi connectivity index (χ2n) is 12.7. The summed E-state index contributed by atoms with van der Waals surface area (Å²) in [6.07, 6.45) is 0. The van der Waals surface area contributed by atoms with Crippen molar-refractivity contribution in [3.05, 3.63) is 109 Å². The molecule has 0 saturated carbocycles. The molecule has 0 spiro atoms. The molecule has 0 bridgehead atoms. The predicted molar refractivity (Wildman–Crippen MR) is 222 cm³/mol. The number of carbonyl (C=O) groups is 1. The minimum atomic E-state index is -4.97. The Morgan fingerprint density at radius 3 is 1.87 bits per heavy atom. The van der Waals surface area contributed by atoms with Crippen molar-refractivity contribution in [3.8, 4) is 11.5 Å². The van der Waals surface area contributed by atoms with Gasteiger partial charge in [-0.05, 0) is 97.2 Å². The zero-order chi connectivity index (χ0) is 44.1. The number of aromatic hydroxyl groups is 1. The Balaban J connectivity index is 1.30. The fourth-order valence-electron chi connectivity index (χ4n) is 5.53. The molecule has 0 fully saturated rings. The maximum Gasteiger partial charge on any atom is 0.296 e. The van der Waals surface area contributed by atoms with E-state index in [1.54, 1.807) is 6.92 Å². The molecule has 61 heavy (non-hydrogen) atoms. The Hall–Kier alpha value is -7.02. The number of azo groups is 3. The van der Waals surface area contributed by atoms with Crippen LogP contribution < -0.4 is 15.4 Å². The Morgan fingerprint density at radius 2 is 1.21 bits per heavy atom. The smallest absolute Gasteiger partial charge is 0.296 e. The summed E-state index contributed by atoms with van der Waals surface area (Å²) in [7, 11) is -13.9. The molecule has 0 aliphatic heterocycles. The lowest BCUT2D eigenvalue weighted by atomic mass is 10.1. The van der Waals surface area contributed by atoms with Gasteiger partial charge in [0.1, 0.15) is 27.7 Å². The number of amides is 1. The first-order chi connectivity index (χ1) is 28.8. The number of nitrogens with one attached hydrogen (secondary N) is 2. The van der Waals surface area contributed by atoms with Crippen LogP contribution in [0.25, 0.3) is 10.8 Å². The van der Waals surface area contributed by atoms with Crippen LogP contribution >= 0.6 is 0 Å². The molecule has 6 N–H and O–H groups in total. The Morgan fingerprint density at radius 1 is 0.623 bits per heavy atom. The normalized spacial score (nSPS) is 12.4. The summed E-state index contributed by atoms with van der Waals surface area (Å²) in [5.41, 5.74) is 0.978.